The van der Waals surface area contributed by atoms with Crippen LogP contribution in [0.1, 0.15) is 5.56 Å². The fourth-order valence-corrected chi connectivity index (χ4v) is 2.76. The molecule has 1 aromatic carbocycles. The Labute approximate surface area is 96.2 Å². The molecule has 1 aromatic rings. The molecule has 0 aromatic heterocycles. The minimum absolute atomic E-state index is 0.635. The van der Waals surface area contributed by atoms with Crippen molar-refractivity contribution in [2.75, 3.05) is 25.9 Å². The van der Waals surface area contributed by atoms with Crippen LogP contribution in [0, 0.1) is 0 Å². The van der Waals surface area contributed by atoms with E-state index in [2.05, 4.69) is 46.2 Å². The number of nitrogens with one attached hydrogen (secondary N) is 1. The van der Waals surface area contributed by atoms with Gasteiger partial charge in [-0.1, -0.05) is 42.3 Å². The molecule has 0 saturated carbocycles. The van der Waals surface area contributed by atoms with Crippen LogP contribution in [-0.4, -0.2) is 36.2 Å². The van der Waals surface area contributed by atoms with E-state index in [4.69, 9.17) is 0 Å². The molecular formula is C12H18N2S. The zero-order chi connectivity index (χ0) is 10.5. The van der Waals surface area contributed by atoms with Gasteiger partial charge in [-0.25, -0.2) is 4.31 Å². The number of hydrogen-bond donors (Lipinski definition) is 1. The van der Waals surface area contributed by atoms with E-state index >= 15 is 0 Å². The molecule has 2 nitrogen and oxygen atoms in total. The summed E-state index contributed by atoms with van der Waals surface area (Å²) in [5.41, 5.74) is 1.44. The van der Waals surface area contributed by atoms with Crippen molar-refractivity contribution in [2.24, 2.45) is 0 Å². The van der Waals surface area contributed by atoms with Crippen molar-refractivity contribution in [3.05, 3.63) is 35.9 Å². The number of piperazine rings is 1. The standard InChI is InChI=1S/C12H18N2S/c1-15-14-8-7-13-10-12(14)9-11-5-3-2-4-6-11/h2-6,12-13H,7-10H2,1H3. The second-order valence-corrected chi connectivity index (χ2v) is 4.71. The van der Waals surface area contributed by atoms with Crippen LogP contribution in [0.15, 0.2) is 30.3 Å². The van der Waals surface area contributed by atoms with Gasteiger partial charge in [0.15, 0.2) is 0 Å². The SMILES string of the molecule is CSN1CCNCC1Cc1ccccc1. The highest BCUT2D eigenvalue weighted by molar-refractivity contribution is 7.96. The molecular weight excluding hydrogens is 204 g/mol. The molecule has 1 aliphatic rings. The normalized spacial score (nSPS) is 22.9. The van der Waals surface area contributed by atoms with Gasteiger partial charge in [0.05, 0.1) is 0 Å². The van der Waals surface area contributed by atoms with Gasteiger partial charge in [0.2, 0.25) is 0 Å². The van der Waals surface area contributed by atoms with Crippen molar-refractivity contribution in [3.63, 3.8) is 0 Å². The van der Waals surface area contributed by atoms with Crippen molar-refractivity contribution in [1.29, 1.82) is 0 Å². The van der Waals surface area contributed by atoms with Gasteiger partial charge in [0, 0.05) is 25.7 Å². The number of rotatable bonds is 3. The predicted octanol–water partition coefficient (Wildman–Crippen LogP) is 1.78. The van der Waals surface area contributed by atoms with Crippen molar-refractivity contribution in [1.82, 2.24) is 9.62 Å². The highest BCUT2D eigenvalue weighted by Crippen LogP contribution is 2.16. The second-order valence-electron chi connectivity index (χ2n) is 3.87. The van der Waals surface area contributed by atoms with Crippen molar-refractivity contribution in [3.8, 4) is 0 Å². The molecule has 1 fully saturated rings. The lowest BCUT2D eigenvalue weighted by atomic mass is 10.1. The first-order valence-electron chi connectivity index (χ1n) is 5.45. The molecule has 1 N–H and O–H groups in total. The third-order valence-electron chi connectivity index (χ3n) is 2.84. The number of hydrogen-bond acceptors (Lipinski definition) is 3. The molecule has 0 spiro atoms. The summed E-state index contributed by atoms with van der Waals surface area (Å²) in [5.74, 6) is 0. The predicted molar refractivity (Wildman–Crippen MR) is 67.0 cm³/mol. The zero-order valence-corrected chi connectivity index (χ0v) is 9.96. The maximum Gasteiger partial charge on any atom is 0.0368 e. The van der Waals surface area contributed by atoms with Crippen LogP contribution in [0.25, 0.3) is 0 Å². The van der Waals surface area contributed by atoms with E-state index in [0.29, 0.717) is 6.04 Å². The highest BCUT2D eigenvalue weighted by atomic mass is 32.2. The van der Waals surface area contributed by atoms with E-state index < -0.39 is 0 Å². The van der Waals surface area contributed by atoms with Gasteiger partial charge in [-0.05, 0) is 18.2 Å². The average Bonchev–Trinajstić information content (AvgIpc) is 2.31. The van der Waals surface area contributed by atoms with E-state index in [1.54, 1.807) is 0 Å². The lowest BCUT2D eigenvalue weighted by molar-refractivity contribution is 0.290. The largest absolute Gasteiger partial charge is 0.314 e. The van der Waals surface area contributed by atoms with E-state index in [-0.39, 0.29) is 0 Å². The quantitative estimate of drug-likeness (QED) is 0.785. The van der Waals surface area contributed by atoms with Crippen LogP contribution in [-0.2, 0) is 6.42 Å². The highest BCUT2D eigenvalue weighted by Gasteiger charge is 2.21. The fraction of sp³-hybridized carbons (Fsp3) is 0.500. The Kier molecular flexibility index (Phi) is 4.06. The lowest BCUT2D eigenvalue weighted by Gasteiger charge is -2.34. The summed E-state index contributed by atoms with van der Waals surface area (Å²) in [7, 11) is 0. The third kappa shape index (κ3) is 2.97. The Morgan fingerprint density at radius 3 is 2.93 bits per heavy atom. The van der Waals surface area contributed by atoms with Crippen LogP contribution in [0.5, 0.6) is 0 Å². The van der Waals surface area contributed by atoms with Crippen molar-refractivity contribution >= 4 is 11.9 Å². The molecule has 1 aliphatic heterocycles. The Morgan fingerprint density at radius 1 is 1.40 bits per heavy atom. The molecule has 1 atom stereocenters. The van der Waals surface area contributed by atoms with Gasteiger partial charge >= 0.3 is 0 Å². The summed E-state index contributed by atoms with van der Waals surface area (Å²) < 4.78 is 2.49. The number of benzene rings is 1. The van der Waals surface area contributed by atoms with Crippen LogP contribution in [0.4, 0.5) is 0 Å². The summed E-state index contributed by atoms with van der Waals surface area (Å²) in [6, 6.07) is 11.4. The summed E-state index contributed by atoms with van der Waals surface area (Å²) in [4.78, 5) is 0. The van der Waals surface area contributed by atoms with Gasteiger partial charge in [-0.3, -0.25) is 0 Å². The molecule has 0 radical (unpaired) electrons. The summed E-state index contributed by atoms with van der Waals surface area (Å²) in [5, 5.41) is 3.46. The smallest absolute Gasteiger partial charge is 0.0368 e. The zero-order valence-electron chi connectivity index (χ0n) is 9.15. The first-order chi connectivity index (χ1) is 7.40. The van der Waals surface area contributed by atoms with E-state index in [1.807, 2.05) is 11.9 Å². The number of nitrogens with zero attached hydrogens (tertiary/aromatic N) is 1. The van der Waals surface area contributed by atoms with Crippen molar-refractivity contribution < 1.29 is 0 Å². The molecule has 1 saturated heterocycles. The lowest BCUT2D eigenvalue weighted by Crippen LogP contribution is -2.48. The molecule has 15 heavy (non-hydrogen) atoms. The first-order valence-corrected chi connectivity index (χ1v) is 6.63. The van der Waals surface area contributed by atoms with Gasteiger partial charge < -0.3 is 5.32 Å². The van der Waals surface area contributed by atoms with Crippen LogP contribution in [0.3, 0.4) is 0 Å². The third-order valence-corrected chi connectivity index (χ3v) is 3.79. The van der Waals surface area contributed by atoms with Crippen LogP contribution in [0.2, 0.25) is 0 Å². The van der Waals surface area contributed by atoms with Crippen LogP contribution < -0.4 is 5.32 Å². The first kappa shape index (κ1) is 11.0. The van der Waals surface area contributed by atoms with Gasteiger partial charge in [0.1, 0.15) is 0 Å². The van der Waals surface area contributed by atoms with E-state index in [9.17, 15) is 0 Å². The fourth-order valence-electron chi connectivity index (χ4n) is 2.04. The minimum Gasteiger partial charge on any atom is -0.314 e. The average molecular weight is 222 g/mol. The van der Waals surface area contributed by atoms with E-state index in [0.717, 1.165) is 26.1 Å². The van der Waals surface area contributed by atoms with Gasteiger partial charge in [-0.15, -0.1) is 0 Å². The monoisotopic (exact) mass is 222 g/mol. The molecule has 0 aliphatic carbocycles. The van der Waals surface area contributed by atoms with Gasteiger partial charge in [-0.2, -0.15) is 0 Å². The molecule has 0 bridgehead atoms. The molecule has 2 rings (SSSR count). The summed E-state index contributed by atoms with van der Waals surface area (Å²) >= 11 is 1.87. The molecule has 82 valence electrons. The summed E-state index contributed by atoms with van der Waals surface area (Å²) in [6.07, 6.45) is 3.32. The van der Waals surface area contributed by atoms with Crippen molar-refractivity contribution in [2.45, 2.75) is 12.5 Å². The Hall–Kier alpha value is -0.510. The maximum absolute atomic E-state index is 3.46. The Morgan fingerprint density at radius 2 is 2.20 bits per heavy atom. The Balaban J connectivity index is 1.97. The molecule has 1 unspecified atom stereocenters. The Bertz CT molecular complexity index is 289. The molecule has 0 amide bonds. The topological polar surface area (TPSA) is 15.3 Å². The maximum atomic E-state index is 3.46. The molecule has 1 heterocycles. The van der Waals surface area contributed by atoms with E-state index in [1.165, 1.54) is 5.56 Å². The summed E-state index contributed by atoms with van der Waals surface area (Å²) in [6.45, 7) is 3.38. The minimum atomic E-state index is 0.635. The second kappa shape index (κ2) is 5.54. The molecule has 3 heteroatoms. The van der Waals surface area contributed by atoms with Gasteiger partial charge in [0.25, 0.3) is 0 Å². The van der Waals surface area contributed by atoms with Crippen LogP contribution >= 0.6 is 11.9 Å².